The Labute approximate surface area is 197 Å². The van der Waals surface area contributed by atoms with Crippen LogP contribution in [0, 0.1) is 0 Å². The van der Waals surface area contributed by atoms with Crippen molar-refractivity contribution in [2.24, 2.45) is 0 Å². The van der Waals surface area contributed by atoms with Crippen molar-refractivity contribution in [3.63, 3.8) is 0 Å². The number of aromatic nitrogens is 3. The molecule has 0 fully saturated rings. The molecule has 2 aromatic carbocycles. The summed E-state index contributed by atoms with van der Waals surface area (Å²) in [6.07, 6.45) is 3.66. The second-order valence-corrected chi connectivity index (χ2v) is 8.85. The van der Waals surface area contributed by atoms with Crippen LogP contribution in [0.25, 0.3) is 43.2 Å². The van der Waals surface area contributed by atoms with Crippen LogP contribution in [0.3, 0.4) is 0 Å². The average Bonchev–Trinajstić information content (AvgIpc) is 3.26. The van der Waals surface area contributed by atoms with Gasteiger partial charge in [0, 0.05) is 41.5 Å². The smallest absolute Gasteiger partial charge is 0.163 e. The molecule has 0 radical (unpaired) electrons. The SMILES string of the molecule is COCC(C)Nc1nc(-c2ccccc2)nc2sc(-c3ccncc3)c(-c3ccccc3)c12. The van der Waals surface area contributed by atoms with Gasteiger partial charge >= 0.3 is 0 Å². The first-order valence-electron chi connectivity index (χ1n) is 10.9. The van der Waals surface area contributed by atoms with Gasteiger partial charge in [-0.3, -0.25) is 4.98 Å². The molecule has 164 valence electrons. The molecular formula is C27H24N4OS. The molecule has 1 N–H and O–H groups in total. The summed E-state index contributed by atoms with van der Waals surface area (Å²) in [6.45, 7) is 2.67. The molecule has 0 aliphatic rings. The molecule has 0 amide bonds. The van der Waals surface area contributed by atoms with Crippen LogP contribution < -0.4 is 5.32 Å². The van der Waals surface area contributed by atoms with Gasteiger partial charge in [-0.2, -0.15) is 0 Å². The van der Waals surface area contributed by atoms with E-state index in [1.54, 1.807) is 18.4 Å². The van der Waals surface area contributed by atoms with E-state index < -0.39 is 0 Å². The lowest BCUT2D eigenvalue weighted by molar-refractivity contribution is 0.190. The second-order valence-electron chi connectivity index (χ2n) is 7.85. The zero-order chi connectivity index (χ0) is 22.6. The van der Waals surface area contributed by atoms with E-state index in [0.717, 1.165) is 43.2 Å². The molecule has 5 rings (SSSR count). The van der Waals surface area contributed by atoms with E-state index in [1.807, 2.05) is 60.9 Å². The van der Waals surface area contributed by atoms with Crippen LogP contribution in [0.4, 0.5) is 5.82 Å². The lowest BCUT2D eigenvalue weighted by Gasteiger charge is -2.16. The number of pyridine rings is 1. The lowest BCUT2D eigenvalue weighted by atomic mass is 10.00. The molecule has 0 saturated carbocycles. The monoisotopic (exact) mass is 452 g/mol. The summed E-state index contributed by atoms with van der Waals surface area (Å²) < 4.78 is 5.38. The average molecular weight is 453 g/mol. The van der Waals surface area contributed by atoms with Gasteiger partial charge in [-0.05, 0) is 30.2 Å². The zero-order valence-electron chi connectivity index (χ0n) is 18.5. The van der Waals surface area contributed by atoms with Gasteiger partial charge in [-0.15, -0.1) is 11.3 Å². The molecule has 3 aromatic heterocycles. The molecule has 0 bridgehead atoms. The van der Waals surface area contributed by atoms with Crippen LogP contribution in [0.2, 0.25) is 0 Å². The topological polar surface area (TPSA) is 59.9 Å². The molecule has 0 aliphatic heterocycles. The van der Waals surface area contributed by atoms with Crippen molar-refractivity contribution in [1.29, 1.82) is 0 Å². The highest BCUT2D eigenvalue weighted by Gasteiger charge is 2.22. The van der Waals surface area contributed by atoms with Gasteiger partial charge in [0.15, 0.2) is 5.82 Å². The minimum atomic E-state index is 0.0876. The first-order chi connectivity index (χ1) is 16.2. The van der Waals surface area contributed by atoms with Gasteiger partial charge in [0.2, 0.25) is 0 Å². The summed E-state index contributed by atoms with van der Waals surface area (Å²) >= 11 is 1.69. The van der Waals surface area contributed by atoms with Crippen LogP contribution in [0.5, 0.6) is 0 Å². The highest BCUT2D eigenvalue weighted by molar-refractivity contribution is 7.22. The van der Waals surface area contributed by atoms with Crippen LogP contribution in [-0.4, -0.2) is 34.7 Å². The van der Waals surface area contributed by atoms with Gasteiger partial charge in [-0.1, -0.05) is 60.7 Å². The molecule has 5 aromatic rings. The molecule has 5 nitrogen and oxygen atoms in total. The van der Waals surface area contributed by atoms with Crippen molar-refractivity contribution in [1.82, 2.24) is 15.0 Å². The molecule has 1 atom stereocenters. The number of fused-ring (bicyclic) bond motifs is 1. The highest BCUT2D eigenvalue weighted by atomic mass is 32.1. The third kappa shape index (κ3) is 4.35. The maximum Gasteiger partial charge on any atom is 0.163 e. The Morgan fingerprint density at radius 3 is 2.18 bits per heavy atom. The summed E-state index contributed by atoms with van der Waals surface area (Å²) in [5, 5.41) is 4.62. The third-order valence-corrected chi connectivity index (χ3v) is 6.52. The predicted molar refractivity (Wildman–Crippen MR) is 136 cm³/mol. The number of thiophene rings is 1. The van der Waals surface area contributed by atoms with Crippen molar-refractivity contribution in [3.8, 4) is 33.0 Å². The fourth-order valence-electron chi connectivity index (χ4n) is 3.93. The Morgan fingerprint density at radius 2 is 1.52 bits per heavy atom. The van der Waals surface area contributed by atoms with Crippen molar-refractivity contribution < 1.29 is 4.74 Å². The van der Waals surface area contributed by atoms with Crippen LogP contribution in [-0.2, 0) is 4.74 Å². The predicted octanol–water partition coefficient (Wildman–Crippen LogP) is 6.53. The van der Waals surface area contributed by atoms with Gasteiger partial charge in [0.25, 0.3) is 0 Å². The number of hydrogen-bond donors (Lipinski definition) is 1. The Morgan fingerprint density at radius 1 is 0.848 bits per heavy atom. The van der Waals surface area contributed by atoms with Gasteiger partial charge < -0.3 is 10.1 Å². The van der Waals surface area contributed by atoms with E-state index in [0.29, 0.717) is 12.4 Å². The van der Waals surface area contributed by atoms with E-state index in [4.69, 9.17) is 14.7 Å². The Hall–Kier alpha value is -3.61. The molecule has 0 saturated heterocycles. The van der Waals surface area contributed by atoms with Gasteiger partial charge in [-0.25, -0.2) is 9.97 Å². The standard InChI is InChI=1S/C27H24N4OS/c1-18(17-32-2)29-26-23-22(19-9-5-3-6-10-19)24(20-13-15-28-16-14-20)33-27(23)31-25(30-26)21-11-7-4-8-12-21/h3-16,18H,17H2,1-2H3,(H,29,30,31). The Balaban J connectivity index is 1.81. The Kier molecular flexibility index (Phi) is 6.11. The Bertz CT molecular complexity index is 1360. The maximum atomic E-state index is 5.38. The number of anilines is 1. The molecule has 1 unspecified atom stereocenters. The van der Waals surface area contributed by atoms with E-state index in [1.165, 1.54) is 0 Å². The molecule has 6 heteroatoms. The number of hydrogen-bond acceptors (Lipinski definition) is 6. The third-order valence-electron chi connectivity index (χ3n) is 5.39. The number of benzene rings is 2. The normalized spacial score (nSPS) is 12.1. The summed E-state index contributed by atoms with van der Waals surface area (Å²) in [6, 6.07) is 24.7. The largest absolute Gasteiger partial charge is 0.383 e. The van der Waals surface area contributed by atoms with Crippen molar-refractivity contribution in [3.05, 3.63) is 85.2 Å². The van der Waals surface area contributed by atoms with Gasteiger partial charge in [0.05, 0.1) is 12.0 Å². The minimum absolute atomic E-state index is 0.0876. The number of methoxy groups -OCH3 is 1. The zero-order valence-corrected chi connectivity index (χ0v) is 19.3. The number of nitrogens with zero attached hydrogens (tertiary/aromatic N) is 3. The van der Waals surface area contributed by atoms with Crippen molar-refractivity contribution in [2.75, 3.05) is 19.0 Å². The molecule has 0 spiro atoms. The van der Waals surface area contributed by atoms with Crippen LogP contribution >= 0.6 is 11.3 Å². The number of ether oxygens (including phenoxy) is 1. The lowest BCUT2D eigenvalue weighted by Crippen LogP contribution is -2.21. The fourth-order valence-corrected chi connectivity index (χ4v) is 5.14. The molecular weight excluding hydrogens is 428 g/mol. The van der Waals surface area contributed by atoms with Crippen molar-refractivity contribution >= 4 is 27.4 Å². The van der Waals surface area contributed by atoms with E-state index in [-0.39, 0.29) is 6.04 Å². The second kappa shape index (κ2) is 9.48. The fraction of sp³-hybridized carbons (Fsp3) is 0.148. The van der Waals surface area contributed by atoms with Gasteiger partial charge in [0.1, 0.15) is 10.6 Å². The van der Waals surface area contributed by atoms with Crippen LogP contribution in [0.1, 0.15) is 6.92 Å². The minimum Gasteiger partial charge on any atom is -0.383 e. The van der Waals surface area contributed by atoms with Crippen molar-refractivity contribution in [2.45, 2.75) is 13.0 Å². The van der Waals surface area contributed by atoms with E-state index in [9.17, 15) is 0 Å². The first kappa shape index (κ1) is 21.2. The first-order valence-corrected chi connectivity index (χ1v) is 11.7. The quantitative estimate of drug-likeness (QED) is 0.304. The number of nitrogens with one attached hydrogen (secondary N) is 1. The highest BCUT2D eigenvalue weighted by Crippen LogP contribution is 2.46. The van der Waals surface area contributed by atoms with Crippen LogP contribution in [0.15, 0.2) is 85.2 Å². The summed E-state index contributed by atoms with van der Waals surface area (Å²) in [7, 11) is 1.71. The maximum absolute atomic E-state index is 5.38. The molecule has 0 aliphatic carbocycles. The van der Waals surface area contributed by atoms with E-state index >= 15 is 0 Å². The molecule has 33 heavy (non-hydrogen) atoms. The number of rotatable bonds is 7. The summed E-state index contributed by atoms with van der Waals surface area (Å²) in [5.74, 6) is 1.52. The molecule has 3 heterocycles. The van der Waals surface area contributed by atoms with E-state index in [2.05, 4.69) is 41.5 Å². The summed E-state index contributed by atoms with van der Waals surface area (Å²) in [4.78, 5) is 16.3. The summed E-state index contributed by atoms with van der Waals surface area (Å²) in [5.41, 5.74) is 4.37.